The van der Waals surface area contributed by atoms with E-state index in [1.54, 1.807) is 0 Å². The number of rotatable bonds is 4. The molecule has 1 heterocycles. The third-order valence-corrected chi connectivity index (χ3v) is 2.92. The van der Waals surface area contributed by atoms with E-state index in [4.69, 9.17) is 10.5 Å². The van der Waals surface area contributed by atoms with Crippen LogP contribution in [-0.2, 0) is 9.53 Å². The Morgan fingerprint density at radius 1 is 1.60 bits per heavy atom. The molecule has 0 bridgehead atoms. The molecular weight excluding hydrogens is 192 g/mol. The first-order valence-electron chi connectivity index (χ1n) is 5.64. The van der Waals surface area contributed by atoms with Gasteiger partial charge in [-0.05, 0) is 26.7 Å². The standard InChI is InChI=1S/C11H22N2O2/c1-4-9-8(5-6-15-9)10(14)13-11(2,3)7-12/h8-9H,4-7,12H2,1-3H3,(H,13,14). The number of nitrogens with one attached hydrogen (secondary N) is 1. The summed E-state index contributed by atoms with van der Waals surface area (Å²) in [5, 5.41) is 2.97. The number of amides is 1. The van der Waals surface area contributed by atoms with Crippen LogP contribution in [0, 0.1) is 5.92 Å². The van der Waals surface area contributed by atoms with Crippen molar-refractivity contribution >= 4 is 5.91 Å². The molecule has 2 atom stereocenters. The highest BCUT2D eigenvalue weighted by Crippen LogP contribution is 2.24. The molecular formula is C11H22N2O2. The van der Waals surface area contributed by atoms with Gasteiger partial charge in [-0.3, -0.25) is 4.79 Å². The molecule has 0 saturated carbocycles. The lowest BCUT2D eigenvalue weighted by Gasteiger charge is -2.27. The maximum Gasteiger partial charge on any atom is 0.226 e. The van der Waals surface area contributed by atoms with Crippen LogP contribution < -0.4 is 11.1 Å². The van der Waals surface area contributed by atoms with Crippen molar-refractivity contribution in [3.8, 4) is 0 Å². The lowest BCUT2D eigenvalue weighted by Crippen LogP contribution is -2.51. The summed E-state index contributed by atoms with van der Waals surface area (Å²) in [6.07, 6.45) is 1.80. The van der Waals surface area contributed by atoms with E-state index < -0.39 is 0 Å². The Hall–Kier alpha value is -0.610. The van der Waals surface area contributed by atoms with Crippen molar-refractivity contribution in [1.29, 1.82) is 0 Å². The van der Waals surface area contributed by atoms with E-state index in [1.165, 1.54) is 0 Å². The van der Waals surface area contributed by atoms with Gasteiger partial charge in [0.2, 0.25) is 5.91 Å². The smallest absolute Gasteiger partial charge is 0.226 e. The van der Waals surface area contributed by atoms with Crippen molar-refractivity contribution in [3.05, 3.63) is 0 Å². The van der Waals surface area contributed by atoms with Crippen molar-refractivity contribution in [3.63, 3.8) is 0 Å². The van der Waals surface area contributed by atoms with Crippen molar-refractivity contribution in [1.82, 2.24) is 5.32 Å². The zero-order valence-corrected chi connectivity index (χ0v) is 9.88. The molecule has 4 heteroatoms. The summed E-state index contributed by atoms with van der Waals surface area (Å²) in [6, 6.07) is 0. The Morgan fingerprint density at radius 2 is 2.27 bits per heavy atom. The van der Waals surface area contributed by atoms with Gasteiger partial charge in [0, 0.05) is 18.7 Å². The molecule has 1 amide bonds. The number of hydrogen-bond acceptors (Lipinski definition) is 3. The Labute approximate surface area is 91.5 Å². The highest BCUT2D eigenvalue weighted by Gasteiger charge is 2.34. The quantitative estimate of drug-likeness (QED) is 0.722. The molecule has 2 unspecified atom stereocenters. The fourth-order valence-corrected chi connectivity index (χ4v) is 1.83. The largest absolute Gasteiger partial charge is 0.377 e. The van der Waals surface area contributed by atoms with Crippen molar-refractivity contribution in [2.75, 3.05) is 13.2 Å². The van der Waals surface area contributed by atoms with Crippen molar-refractivity contribution in [2.24, 2.45) is 11.7 Å². The molecule has 0 radical (unpaired) electrons. The van der Waals surface area contributed by atoms with E-state index in [0.717, 1.165) is 12.8 Å². The maximum absolute atomic E-state index is 11.9. The average Bonchev–Trinajstić information content (AvgIpc) is 2.64. The minimum absolute atomic E-state index is 0.000764. The molecule has 0 aromatic carbocycles. The van der Waals surface area contributed by atoms with Gasteiger partial charge in [-0.15, -0.1) is 0 Å². The lowest BCUT2D eigenvalue weighted by molar-refractivity contribution is -0.128. The second kappa shape index (κ2) is 4.94. The van der Waals surface area contributed by atoms with E-state index >= 15 is 0 Å². The first-order valence-corrected chi connectivity index (χ1v) is 5.64. The number of carbonyl (C=O) groups is 1. The Bertz CT molecular complexity index is 229. The molecule has 0 aliphatic carbocycles. The molecule has 3 N–H and O–H groups in total. The van der Waals surface area contributed by atoms with Gasteiger partial charge in [0.15, 0.2) is 0 Å². The highest BCUT2D eigenvalue weighted by molar-refractivity contribution is 5.80. The van der Waals surface area contributed by atoms with Crippen LogP contribution in [0.1, 0.15) is 33.6 Å². The topological polar surface area (TPSA) is 64.3 Å². The molecule has 1 saturated heterocycles. The van der Waals surface area contributed by atoms with Gasteiger partial charge in [0.05, 0.1) is 12.0 Å². The van der Waals surface area contributed by atoms with Gasteiger partial charge < -0.3 is 15.8 Å². The van der Waals surface area contributed by atoms with Gasteiger partial charge in [0.25, 0.3) is 0 Å². The van der Waals surface area contributed by atoms with Crippen LogP contribution >= 0.6 is 0 Å². The van der Waals surface area contributed by atoms with E-state index in [2.05, 4.69) is 5.32 Å². The van der Waals surface area contributed by atoms with Crippen LogP contribution in [0.15, 0.2) is 0 Å². The summed E-state index contributed by atoms with van der Waals surface area (Å²) in [6.45, 7) is 7.05. The molecule has 0 spiro atoms. The average molecular weight is 214 g/mol. The van der Waals surface area contributed by atoms with E-state index in [-0.39, 0.29) is 23.5 Å². The number of ether oxygens (including phenoxy) is 1. The molecule has 88 valence electrons. The summed E-state index contributed by atoms with van der Waals surface area (Å²) in [5.74, 6) is 0.0793. The third kappa shape index (κ3) is 3.18. The first-order chi connectivity index (χ1) is 7.00. The molecule has 1 fully saturated rings. The van der Waals surface area contributed by atoms with E-state index in [0.29, 0.717) is 13.2 Å². The lowest BCUT2D eigenvalue weighted by atomic mass is 9.96. The fraction of sp³-hybridized carbons (Fsp3) is 0.909. The number of nitrogens with two attached hydrogens (primary N) is 1. The third-order valence-electron chi connectivity index (χ3n) is 2.92. The Balaban J connectivity index is 2.53. The summed E-state index contributed by atoms with van der Waals surface area (Å²) in [7, 11) is 0. The van der Waals surface area contributed by atoms with Crippen LogP contribution in [0.3, 0.4) is 0 Å². The van der Waals surface area contributed by atoms with Gasteiger partial charge >= 0.3 is 0 Å². The maximum atomic E-state index is 11.9. The summed E-state index contributed by atoms with van der Waals surface area (Å²) in [4.78, 5) is 11.9. The van der Waals surface area contributed by atoms with Crippen LogP contribution in [0.5, 0.6) is 0 Å². The predicted octanol–water partition coefficient (Wildman–Crippen LogP) is 0.655. The normalized spacial score (nSPS) is 26.7. The zero-order chi connectivity index (χ0) is 11.5. The number of carbonyl (C=O) groups excluding carboxylic acids is 1. The molecule has 15 heavy (non-hydrogen) atoms. The van der Waals surface area contributed by atoms with Gasteiger partial charge in [-0.25, -0.2) is 0 Å². The van der Waals surface area contributed by atoms with Gasteiger partial charge in [-0.1, -0.05) is 6.92 Å². The van der Waals surface area contributed by atoms with Crippen LogP contribution in [0.4, 0.5) is 0 Å². The Kier molecular flexibility index (Phi) is 4.11. The fourth-order valence-electron chi connectivity index (χ4n) is 1.83. The van der Waals surface area contributed by atoms with Crippen LogP contribution in [0.25, 0.3) is 0 Å². The first kappa shape index (κ1) is 12.5. The molecule has 1 aliphatic rings. The van der Waals surface area contributed by atoms with E-state index in [1.807, 2.05) is 20.8 Å². The second-order valence-electron chi connectivity index (χ2n) is 4.79. The molecule has 4 nitrogen and oxygen atoms in total. The van der Waals surface area contributed by atoms with Crippen molar-refractivity contribution < 1.29 is 9.53 Å². The second-order valence-corrected chi connectivity index (χ2v) is 4.79. The minimum Gasteiger partial charge on any atom is -0.377 e. The summed E-state index contributed by atoms with van der Waals surface area (Å²) >= 11 is 0. The van der Waals surface area contributed by atoms with E-state index in [9.17, 15) is 4.79 Å². The Morgan fingerprint density at radius 3 is 2.80 bits per heavy atom. The SMILES string of the molecule is CCC1OCCC1C(=O)NC(C)(C)CN. The molecule has 0 aromatic rings. The summed E-state index contributed by atoms with van der Waals surface area (Å²) in [5.41, 5.74) is 5.25. The van der Waals surface area contributed by atoms with Gasteiger partial charge in [-0.2, -0.15) is 0 Å². The minimum atomic E-state index is -0.321. The van der Waals surface area contributed by atoms with Gasteiger partial charge in [0.1, 0.15) is 0 Å². The number of hydrogen-bond donors (Lipinski definition) is 2. The zero-order valence-electron chi connectivity index (χ0n) is 9.88. The highest BCUT2D eigenvalue weighted by atomic mass is 16.5. The van der Waals surface area contributed by atoms with Crippen LogP contribution in [0.2, 0.25) is 0 Å². The monoisotopic (exact) mass is 214 g/mol. The van der Waals surface area contributed by atoms with Crippen LogP contribution in [-0.4, -0.2) is 30.7 Å². The summed E-state index contributed by atoms with van der Waals surface area (Å²) < 4.78 is 5.49. The predicted molar refractivity (Wildman–Crippen MR) is 59.4 cm³/mol. The van der Waals surface area contributed by atoms with Crippen molar-refractivity contribution in [2.45, 2.75) is 45.3 Å². The molecule has 1 aliphatic heterocycles. The molecule has 1 rings (SSSR count). The molecule has 0 aromatic heterocycles.